The lowest BCUT2D eigenvalue weighted by Gasteiger charge is -2.15. The van der Waals surface area contributed by atoms with Gasteiger partial charge in [-0.1, -0.05) is 0 Å². The van der Waals surface area contributed by atoms with Gasteiger partial charge in [0.15, 0.2) is 15.9 Å². The molecule has 1 aliphatic rings. The quantitative estimate of drug-likeness (QED) is 0.641. The molecule has 1 unspecified atom stereocenters. The van der Waals surface area contributed by atoms with Crippen molar-refractivity contribution >= 4 is 27.1 Å². The summed E-state index contributed by atoms with van der Waals surface area (Å²) in [5, 5.41) is 18.8. The maximum atomic E-state index is 12.3. The number of H-pyrrole nitrogens is 1. The van der Waals surface area contributed by atoms with Crippen molar-refractivity contribution in [3.8, 4) is 0 Å². The molecule has 102 valence electrons. The molecule has 0 aromatic carbocycles. The summed E-state index contributed by atoms with van der Waals surface area (Å²) < 4.78 is 7.02. The van der Waals surface area contributed by atoms with Crippen LogP contribution in [0.2, 0.25) is 0 Å². The molecule has 0 amide bonds. The van der Waals surface area contributed by atoms with Gasteiger partial charge in [-0.2, -0.15) is 0 Å². The van der Waals surface area contributed by atoms with Crippen molar-refractivity contribution in [2.75, 3.05) is 6.61 Å². The zero-order chi connectivity index (χ0) is 13.6. The van der Waals surface area contributed by atoms with E-state index in [1.807, 2.05) is 0 Å². The number of fused-ring (bicyclic) bond motifs is 1. The molecular formula is C10H11BrN4O4. The van der Waals surface area contributed by atoms with Crippen LogP contribution >= 0.6 is 15.9 Å². The zero-order valence-corrected chi connectivity index (χ0v) is 11.2. The van der Waals surface area contributed by atoms with E-state index in [-0.39, 0.29) is 28.8 Å². The summed E-state index contributed by atoms with van der Waals surface area (Å²) in [6.07, 6.45) is -0.580. The first-order valence-electron chi connectivity index (χ1n) is 5.67. The third kappa shape index (κ3) is 1.98. The Balaban J connectivity index is 2.08. The van der Waals surface area contributed by atoms with Crippen molar-refractivity contribution in [1.82, 2.24) is 19.5 Å². The average Bonchev–Trinajstić information content (AvgIpc) is 2.95. The highest BCUT2D eigenvalue weighted by Gasteiger charge is 2.36. The van der Waals surface area contributed by atoms with Crippen LogP contribution in [0.25, 0.3) is 11.2 Å². The number of halogens is 1. The first-order valence-corrected chi connectivity index (χ1v) is 6.46. The predicted molar refractivity (Wildman–Crippen MR) is 67.5 cm³/mol. The van der Waals surface area contributed by atoms with Gasteiger partial charge >= 0.3 is 0 Å². The summed E-state index contributed by atoms with van der Waals surface area (Å²) in [5.41, 5.74) is 0.240. The van der Waals surface area contributed by atoms with Gasteiger partial charge in [0.05, 0.1) is 19.0 Å². The van der Waals surface area contributed by atoms with Crippen LogP contribution in [0.3, 0.4) is 0 Å². The minimum atomic E-state index is -0.814. The molecule has 0 saturated carbocycles. The fraction of sp³-hybridized carbons (Fsp3) is 0.500. The number of aliphatic hydroxyl groups is 2. The van der Waals surface area contributed by atoms with Crippen molar-refractivity contribution < 1.29 is 14.9 Å². The van der Waals surface area contributed by atoms with Crippen molar-refractivity contribution in [1.29, 1.82) is 0 Å². The molecule has 1 saturated heterocycles. The monoisotopic (exact) mass is 330 g/mol. The number of aromatic amines is 1. The standard InChI is InChI=1S/C10H11BrN4O4/c11-10-14-8-7(12-3-13-8)9(18)15(10)6-1-4(17)5(2-16)19-6/h3-6,16-17H,1-2H2,(H,12,13)/t4-,5+,6?/m0/s1. The summed E-state index contributed by atoms with van der Waals surface area (Å²) in [6.45, 7) is -0.302. The number of rotatable bonds is 2. The molecule has 3 atom stereocenters. The van der Waals surface area contributed by atoms with Crippen LogP contribution < -0.4 is 5.56 Å². The van der Waals surface area contributed by atoms with Crippen LogP contribution in [-0.2, 0) is 4.74 Å². The summed E-state index contributed by atoms with van der Waals surface area (Å²) in [7, 11) is 0. The Bertz CT molecular complexity index is 669. The molecule has 19 heavy (non-hydrogen) atoms. The first-order chi connectivity index (χ1) is 9.11. The Hall–Kier alpha value is -1.29. The van der Waals surface area contributed by atoms with E-state index in [0.29, 0.717) is 5.65 Å². The topological polar surface area (TPSA) is 113 Å². The van der Waals surface area contributed by atoms with E-state index in [0.717, 1.165) is 0 Å². The third-order valence-corrected chi connectivity index (χ3v) is 3.68. The first kappa shape index (κ1) is 12.7. The highest BCUT2D eigenvalue weighted by molar-refractivity contribution is 9.10. The van der Waals surface area contributed by atoms with Gasteiger partial charge in [-0.05, 0) is 15.9 Å². The number of imidazole rings is 1. The van der Waals surface area contributed by atoms with Crippen LogP contribution in [0.5, 0.6) is 0 Å². The van der Waals surface area contributed by atoms with Gasteiger partial charge in [0, 0.05) is 6.42 Å². The highest BCUT2D eigenvalue weighted by Crippen LogP contribution is 2.29. The van der Waals surface area contributed by atoms with E-state index in [1.165, 1.54) is 10.9 Å². The molecule has 8 nitrogen and oxygen atoms in total. The number of hydrogen-bond donors (Lipinski definition) is 3. The lowest BCUT2D eigenvalue weighted by Crippen LogP contribution is -2.27. The molecule has 1 aliphatic heterocycles. The Morgan fingerprint density at radius 1 is 1.63 bits per heavy atom. The molecule has 2 aromatic rings. The van der Waals surface area contributed by atoms with Gasteiger partial charge in [-0.3, -0.25) is 9.36 Å². The largest absolute Gasteiger partial charge is 0.394 e. The normalized spacial score (nSPS) is 27.2. The molecule has 3 rings (SSSR count). The van der Waals surface area contributed by atoms with E-state index in [4.69, 9.17) is 9.84 Å². The summed E-state index contributed by atoms with van der Waals surface area (Å²) >= 11 is 3.20. The molecule has 3 heterocycles. The second kappa shape index (κ2) is 4.67. The van der Waals surface area contributed by atoms with E-state index in [1.54, 1.807) is 0 Å². The van der Waals surface area contributed by atoms with Crippen LogP contribution in [0.1, 0.15) is 12.6 Å². The Kier molecular flexibility index (Phi) is 3.13. The second-order valence-electron chi connectivity index (χ2n) is 4.27. The van der Waals surface area contributed by atoms with Gasteiger partial charge < -0.3 is 19.9 Å². The number of aliphatic hydroxyl groups excluding tert-OH is 2. The second-order valence-corrected chi connectivity index (χ2v) is 4.98. The fourth-order valence-corrected chi connectivity index (χ4v) is 2.72. The molecule has 0 radical (unpaired) electrons. The molecule has 0 bridgehead atoms. The smallest absolute Gasteiger partial charge is 0.282 e. The lowest BCUT2D eigenvalue weighted by atomic mass is 10.2. The maximum Gasteiger partial charge on any atom is 0.282 e. The SMILES string of the molecule is O=c1c2[nH]cnc2nc(Br)n1C1C[C@H](O)[C@@H](CO)O1. The van der Waals surface area contributed by atoms with Crippen LogP contribution in [-0.4, -0.2) is 48.5 Å². The highest BCUT2D eigenvalue weighted by atomic mass is 79.9. The number of ether oxygens (including phenoxy) is 1. The van der Waals surface area contributed by atoms with Crippen molar-refractivity contribution in [3.63, 3.8) is 0 Å². The predicted octanol–water partition coefficient (Wildman–Crippen LogP) is -0.477. The molecule has 1 fully saturated rings. The minimum absolute atomic E-state index is 0.213. The van der Waals surface area contributed by atoms with E-state index >= 15 is 0 Å². The Morgan fingerprint density at radius 3 is 3.11 bits per heavy atom. The molecular weight excluding hydrogens is 320 g/mol. The van der Waals surface area contributed by atoms with Crippen molar-refractivity contribution in [2.24, 2.45) is 0 Å². The summed E-state index contributed by atoms with van der Waals surface area (Å²) in [6, 6.07) is 0. The molecule has 3 N–H and O–H groups in total. The van der Waals surface area contributed by atoms with E-state index in [9.17, 15) is 9.90 Å². The molecule has 9 heteroatoms. The Labute approximate surface area is 115 Å². The molecule has 2 aromatic heterocycles. The number of nitrogens with zero attached hydrogens (tertiary/aromatic N) is 3. The van der Waals surface area contributed by atoms with Gasteiger partial charge in [0.25, 0.3) is 5.56 Å². The number of hydrogen-bond acceptors (Lipinski definition) is 6. The van der Waals surface area contributed by atoms with Crippen LogP contribution in [0, 0.1) is 0 Å². The summed E-state index contributed by atoms with van der Waals surface area (Å²) in [4.78, 5) is 23.1. The zero-order valence-electron chi connectivity index (χ0n) is 9.65. The Morgan fingerprint density at radius 2 is 2.42 bits per heavy atom. The van der Waals surface area contributed by atoms with Gasteiger partial charge in [-0.25, -0.2) is 9.97 Å². The van der Waals surface area contributed by atoms with Gasteiger partial charge in [-0.15, -0.1) is 0 Å². The molecule has 0 spiro atoms. The number of nitrogens with one attached hydrogen (secondary N) is 1. The molecule has 0 aliphatic carbocycles. The average molecular weight is 331 g/mol. The fourth-order valence-electron chi connectivity index (χ4n) is 2.16. The minimum Gasteiger partial charge on any atom is -0.394 e. The summed E-state index contributed by atoms with van der Waals surface area (Å²) in [5.74, 6) is 0. The maximum absolute atomic E-state index is 12.3. The van der Waals surface area contributed by atoms with Crippen LogP contribution in [0.15, 0.2) is 15.9 Å². The van der Waals surface area contributed by atoms with Gasteiger partial charge in [0.1, 0.15) is 12.3 Å². The van der Waals surface area contributed by atoms with Crippen LogP contribution in [0.4, 0.5) is 0 Å². The van der Waals surface area contributed by atoms with Crippen molar-refractivity contribution in [3.05, 3.63) is 21.4 Å². The lowest BCUT2D eigenvalue weighted by molar-refractivity contribution is -0.0464. The third-order valence-electron chi connectivity index (χ3n) is 3.12. The van der Waals surface area contributed by atoms with Gasteiger partial charge in [0.2, 0.25) is 0 Å². The van der Waals surface area contributed by atoms with E-state index < -0.39 is 18.4 Å². The number of aromatic nitrogens is 4. The van der Waals surface area contributed by atoms with Crippen molar-refractivity contribution in [2.45, 2.75) is 24.9 Å². The van der Waals surface area contributed by atoms with E-state index in [2.05, 4.69) is 30.9 Å².